The van der Waals surface area contributed by atoms with E-state index < -0.39 is 5.97 Å². The molecule has 0 bridgehead atoms. The molecule has 0 saturated carbocycles. The van der Waals surface area contributed by atoms with Crippen molar-refractivity contribution in [1.29, 1.82) is 0 Å². The van der Waals surface area contributed by atoms with E-state index in [9.17, 15) is 9.59 Å². The Labute approximate surface area is 200 Å². The molecule has 33 heavy (non-hydrogen) atoms. The van der Waals surface area contributed by atoms with E-state index in [0.29, 0.717) is 16.8 Å². The molecule has 0 aliphatic rings. The van der Waals surface area contributed by atoms with Gasteiger partial charge in [-0.1, -0.05) is 46.3 Å². The van der Waals surface area contributed by atoms with Crippen molar-refractivity contribution in [3.63, 3.8) is 0 Å². The van der Waals surface area contributed by atoms with Crippen LogP contribution in [0.3, 0.4) is 0 Å². The molecule has 166 valence electrons. The zero-order chi connectivity index (χ0) is 23.5. The number of halogens is 1. The summed E-state index contributed by atoms with van der Waals surface area (Å²) in [5, 5.41) is 3.70. The molecule has 1 amide bonds. The fourth-order valence-corrected chi connectivity index (χ4v) is 4.14. The third-order valence-corrected chi connectivity index (χ3v) is 5.56. The molecular weight excluding hydrogens is 480 g/mol. The predicted molar refractivity (Wildman–Crippen MR) is 135 cm³/mol. The Kier molecular flexibility index (Phi) is 6.56. The lowest BCUT2D eigenvalue weighted by atomic mass is 10.0. The first-order valence-electron chi connectivity index (χ1n) is 10.6. The molecule has 0 spiro atoms. The van der Waals surface area contributed by atoms with Crippen molar-refractivity contribution in [2.45, 2.75) is 26.9 Å². The largest absolute Gasteiger partial charge is 0.459 e. The van der Waals surface area contributed by atoms with Gasteiger partial charge in [-0.15, -0.1) is 0 Å². The van der Waals surface area contributed by atoms with Crippen LogP contribution in [0.5, 0.6) is 0 Å². The molecule has 0 aliphatic heterocycles. The number of nitrogens with one attached hydrogen (secondary N) is 1. The molecule has 1 N–H and O–H groups in total. The van der Waals surface area contributed by atoms with E-state index in [-0.39, 0.29) is 12.0 Å². The molecular formula is C27H23BrN2O3. The van der Waals surface area contributed by atoms with Crippen molar-refractivity contribution in [3.05, 3.63) is 94.0 Å². The smallest absolute Gasteiger partial charge is 0.338 e. The van der Waals surface area contributed by atoms with Crippen LogP contribution in [0.25, 0.3) is 22.2 Å². The SMILES string of the molecule is Cc1cc(Br)cc2c(C(=O)Nc3ccc(C(=O)OC(C)C)cc3)cc(-c3ccccc3)nc12. The van der Waals surface area contributed by atoms with E-state index in [4.69, 9.17) is 9.72 Å². The maximum atomic E-state index is 13.4. The number of aryl methyl sites for hydroxylation is 1. The molecule has 0 saturated heterocycles. The summed E-state index contributed by atoms with van der Waals surface area (Å²) in [4.78, 5) is 30.3. The summed E-state index contributed by atoms with van der Waals surface area (Å²) >= 11 is 3.53. The van der Waals surface area contributed by atoms with Gasteiger partial charge >= 0.3 is 5.97 Å². The summed E-state index contributed by atoms with van der Waals surface area (Å²) in [7, 11) is 0. The van der Waals surface area contributed by atoms with Gasteiger partial charge in [0.15, 0.2) is 0 Å². The van der Waals surface area contributed by atoms with Crippen LogP contribution >= 0.6 is 15.9 Å². The van der Waals surface area contributed by atoms with Crippen molar-refractivity contribution in [2.24, 2.45) is 0 Å². The second-order valence-corrected chi connectivity index (χ2v) is 8.94. The maximum absolute atomic E-state index is 13.4. The summed E-state index contributed by atoms with van der Waals surface area (Å²) < 4.78 is 6.09. The number of benzene rings is 3. The minimum absolute atomic E-state index is 0.196. The summed E-state index contributed by atoms with van der Waals surface area (Å²) in [6.07, 6.45) is -0.196. The molecule has 5 nitrogen and oxygen atoms in total. The van der Waals surface area contributed by atoms with E-state index in [1.165, 1.54) is 0 Å². The van der Waals surface area contributed by atoms with Crippen LogP contribution < -0.4 is 5.32 Å². The third kappa shape index (κ3) is 5.12. The van der Waals surface area contributed by atoms with Crippen LogP contribution in [0.4, 0.5) is 5.69 Å². The fraction of sp³-hybridized carbons (Fsp3) is 0.148. The number of fused-ring (bicyclic) bond motifs is 1. The zero-order valence-electron chi connectivity index (χ0n) is 18.6. The Morgan fingerprint density at radius 3 is 2.33 bits per heavy atom. The van der Waals surface area contributed by atoms with E-state index in [2.05, 4.69) is 21.2 Å². The number of pyridine rings is 1. The van der Waals surface area contributed by atoms with Crippen molar-refractivity contribution < 1.29 is 14.3 Å². The number of nitrogens with zero attached hydrogens (tertiary/aromatic N) is 1. The lowest BCUT2D eigenvalue weighted by Gasteiger charge is -2.13. The van der Waals surface area contributed by atoms with Gasteiger partial charge in [0.25, 0.3) is 5.91 Å². The highest BCUT2D eigenvalue weighted by molar-refractivity contribution is 9.10. The van der Waals surface area contributed by atoms with Gasteiger partial charge in [-0.2, -0.15) is 0 Å². The van der Waals surface area contributed by atoms with E-state index >= 15 is 0 Å². The Balaban J connectivity index is 1.71. The first kappa shape index (κ1) is 22.7. The number of carbonyl (C=O) groups excluding carboxylic acids is 2. The van der Waals surface area contributed by atoms with Crippen LogP contribution in [0.1, 0.15) is 40.1 Å². The van der Waals surface area contributed by atoms with Crippen molar-refractivity contribution >= 4 is 44.4 Å². The van der Waals surface area contributed by atoms with Gasteiger partial charge in [0.05, 0.1) is 28.4 Å². The molecule has 1 heterocycles. The second kappa shape index (κ2) is 9.55. The number of hydrogen-bond donors (Lipinski definition) is 1. The highest BCUT2D eigenvalue weighted by Crippen LogP contribution is 2.30. The monoisotopic (exact) mass is 502 g/mol. The number of hydrogen-bond acceptors (Lipinski definition) is 4. The van der Waals surface area contributed by atoms with Gasteiger partial charge in [0.1, 0.15) is 0 Å². The Hall–Kier alpha value is -3.51. The summed E-state index contributed by atoms with van der Waals surface area (Å²) in [6.45, 7) is 5.58. The minimum Gasteiger partial charge on any atom is -0.459 e. The molecule has 3 aromatic carbocycles. The minimum atomic E-state index is -0.393. The average Bonchev–Trinajstić information content (AvgIpc) is 2.79. The molecule has 0 fully saturated rings. The summed E-state index contributed by atoms with van der Waals surface area (Å²) in [5.41, 5.74) is 4.94. The highest BCUT2D eigenvalue weighted by Gasteiger charge is 2.17. The summed E-state index contributed by atoms with van der Waals surface area (Å²) in [5.74, 6) is -0.648. The lowest BCUT2D eigenvalue weighted by Crippen LogP contribution is -2.14. The molecule has 4 rings (SSSR count). The molecule has 6 heteroatoms. The number of esters is 1. The van der Waals surface area contributed by atoms with E-state index in [1.807, 2.05) is 55.5 Å². The number of anilines is 1. The Morgan fingerprint density at radius 1 is 0.970 bits per heavy atom. The van der Waals surface area contributed by atoms with Gasteiger partial charge in [-0.25, -0.2) is 9.78 Å². The van der Waals surface area contributed by atoms with Crippen molar-refractivity contribution in [1.82, 2.24) is 4.98 Å². The van der Waals surface area contributed by atoms with Gasteiger partial charge in [0, 0.05) is 21.1 Å². The number of aromatic nitrogens is 1. The van der Waals surface area contributed by atoms with Crippen LogP contribution in [0.15, 0.2) is 77.3 Å². The standard InChI is InChI=1S/C27H23BrN2O3/c1-16(2)33-27(32)19-9-11-21(12-10-19)29-26(31)23-15-24(18-7-5-4-6-8-18)30-25-17(3)13-20(28)14-22(23)25/h4-16H,1-3H3,(H,29,31). The topological polar surface area (TPSA) is 68.3 Å². The van der Waals surface area contributed by atoms with Crippen molar-refractivity contribution in [3.8, 4) is 11.3 Å². The van der Waals surface area contributed by atoms with Gasteiger partial charge in [-0.05, 0) is 68.8 Å². The maximum Gasteiger partial charge on any atom is 0.338 e. The molecule has 0 aliphatic carbocycles. The van der Waals surface area contributed by atoms with Crippen LogP contribution in [-0.2, 0) is 4.74 Å². The molecule has 0 atom stereocenters. The Bertz CT molecular complexity index is 1330. The number of amides is 1. The lowest BCUT2D eigenvalue weighted by molar-refractivity contribution is 0.0378. The third-order valence-electron chi connectivity index (χ3n) is 5.10. The first-order chi connectivity index (χ1) is 15.8. The summed E-state index contributed by atoms with van der Waals surface area (Å²) in [6, 6.07) is 22.1. The Morgan fingerprint density at radius 2 is 1.67 bits per heavy atom. The molecule has 0 unspecified atom stereocenters. The highest BCUT2D eigenvalue weighted by atomic mass is 79.9. The van der Waals surface area contributed by atoms with Gasteiger partial charge < -0.3 is 10.1 Å². The quantitative estimate of drug-likeness (QED) is 0.305. The van der Waals surface area contributed by atoms with Crippen LogP contribution in [0, 0.1) is 6.92 Å². The normalized spacial score (nSPS) is 10.9. The average molecular weight is 503 g/mol. The van der Waals surface area contributed by atoms with E-state index in [1.54, 1.807) is 38.1 Å². The molecule has 4 aromatic rings. The van der Waals surface area contributed by atoms with Gasteiger partial charge in [-0.3, -0.25) is 4.79 Å². The molecule has 0 radical (unpaired) electrons. The predicted octanol–water partition coefficient (Wildman–Crippen LogP) is 6.79. The second-order valence-electron chi connectivity index (χ2n) is 8.03. The van der Waals surface area contributed by atoms with Crippen LogP contribution in [0.2, 0.25) is 0 Å². The zero-order valence-corrected chi connectivity index (χ0v) is 20.1. The fourth-order valence-electron chi connectivity index (χ4n) is 3.57. The first-order valence-corrected chi connectivity index (χ1v) is 11.4. The van der Waals surface area contributed by atoms with E-state index in [0.717, 1.165) is 32.2 Å². The molecule has 1 aromatic heterocycles. The van der Waals surface area contributed by atoms with Crippen LogP contribution in [-0.4, -0.2) is 23.0 Å². The number of rotatable bonds is 5. The number of ether oxygens (including phenoxy) is 1. The van der Waals surface area contributed by atoms with Crippen molar-refractivity contribution in [2.75, 3.05) is 5.32 Å². The number of carbonyl (C=O) groups is 2. The van der Waals surface area contributed by atoms with Gasteiger partial charge in [0.2, 0.25) is 0 Å².